The van der Waals surface area contributed by atoms with E-state index < -0.39 is 18.0 Å². The Morgan fingerprint density at radius 2 is 1.32 bits per heavy atom. The van der Waals surface area contributed by atoms with Gasteiger partial charge in [0.2, 0.25) is 0 Å². The molecule has 1 unspecified atom stereocenters. The molecule has 0 heterocycles. The highest BCUT2D eigenvalue weighted by Gasteiger charge is 2.27. The molecule has 0 radical (unpaired) electrons. The third-order valence-corrected chi connectivity index (χ3v) is 4.19. The minimum absolute atomic E-state index is 0.0694. The Morgan fingerprint density at radius 3 is 1.61 bits per heavy atom. The van der Waals surface area contributed by atoms with Crippen molar-refractivity contribution >= 4 is 17.7 Å². The number of likely N-dealkylation sites (N-methyl/N-ethyl adjacent to an activating group) is 2. The lowest BCUT2D eigenvalue weighted by Gasteiger charge is -2.23. The molecule has 0 aliphatic heterocycles. The average Bonchev–Trinajstić information content (AvgIpc) is 2.50. The highest BCUT2D eigenvalue weighted by molar-refractivity contribution is 6.02. The minimum atomic E-state index is -1.05. The van der Waals surface area contributed by atoms with Crippen molar-refractivity contribution in [3.05, 3.63) is 0 Å². The van der Waals surface area contributed by atoms with Crippen LogP contribution in [0.25, 0.3) is 0 Å². The van der Waals surface area contributed by atoms with Crippen molar-refractivity contribution in [3.63, 3.8) is 0 Å². The fourth-order valence-corrected chi connectivity index (χ4v) is 2.78. The molecule has 28 heavy (non-hydrogen) atoms. The van der Waals surface area contributed by atoms with Crippen LogP contribution in [-0.2, 0) is 14.4 Å². The first-order valence-electron chi connectivity index (χ1n) is 10.3. The largest absolute Gasteiger partial charge is 0.544 e. The molecule has 0 spiro atoms. The van der Waals surface area contributed by atoms with Gasteiger partial charge >= 0.3 is 5.97 Å². The maximum absolute atomic E-state index is 11.8. The van der Waals surface area contributed by atoms with E-state index in [2.05, 4.69) is 6.92 Å². The first kappa shape index (κ1) is 28.7. The number of carbonyl (C=O) groups is 3. The van der Waals surface area contributed by atoms with Gasteiger partial charge in [0.05, 0.1) is 27.1 Å². The number of carboxylic acids is 2. The van der Waals surface area contributed by atoms with Crippen LogP contribution in [-0.4, -0.2) is 80.0 Å². The number of unbranched alkanes of at least 4 members (excludes halogenated alkanes) is 8. The van der Waals surface area contributed by atoms with Gasteiger partial charge in [-0.2, -0.15) is 0 Å². The molecule has 0 fully saturated rings. The maximum atomic E-state index is 11.8. The topological polar surface area (TPSA) is 97.7 Å². The molecule has 0 aliphatic carbocycles. The van der Waals surface area contributed by atoms with Crippen molar-refractivity contribution < 1.29 is 29.1 Å². The van der Waals surface area contributed by atoms with E-state index >= 15 is 0 Å². The van der Waals surface area contributed by atoms with Gasteiger partial charge in [0.1, 0.15) is 6.54 Å². The normalized spacial score (nSPS) is 12.2. The molecular weight excluding hydrogens is 360 g/mol. The zero-order valence-corrected chi connectivity index (χ0v) is 18.8. The molecule has 0 aromatic carbocycles. The van der Waals surface area contributed by atoms with Crippen LogP contribution in [0.1, 0.15) is 71.1 Å². The summed E-state index contributed by atoms with van der Waals surface area (Å²) in [6.07, 6.45) is 11.1. The summed E-state index contributed by atoms with van der Waals surface area (Å²) in [5, 5.41) is 18.9. The molecule has 1 N–H and O–H groups in total. The Balaban J connectivity index is 0. The van der Waals surface area contributed by atoms with Gasteiger partial charge in [0.15, 0.2) is 11.8 Å². The number of carboxylic acid groups (broad SMARTS) is 2. The van der Waals surface area contributed by atoms with Crippen molar-refractivity contribution in [3.8, 4) is 0 Å². The van der Waals surface area contributed by atoms with Gasteiger partial charge in [-0.25, -0.2) is 0 Å². The molecule has 1 atom stereocenters. The summed E-state index contributed by atoms with van der Waals surface area (Å²) >= 11 is 0. The predicted octanol–water partition coefficient (Wildman–Crippen LogP) is 1.93. The molecular formula is C21H42N2O5. The summed E-state index contributed by atoms with van der Waals surface area (Å²) in [4.78, 5) is 34.1. The van der Waals surface area contributed by atoms with E-state index in [1.54, 1.807) is 35.2 Å². The van der Waals surface area contributed by atoms with E-state index in [9.17, 15) is 19.5 Å². The van der Waals surface area contributed by atoms with Crippen LogP contribution >= 0.6 is 0 Å². The van der Waals surface area contributed by atoms with Gasteiger partial charge in [0, 0.05) is 6.42 Å². The van der Waals surface area contributed by atoms with Crippen LogP contribution < -0.4 is 5.11 Å². The van der Waals surface area contributed by atoms with E-state index in [0.29, 0.717) is 10.9 Å². The van der Waals surface area contributed by atoms with E-state index in [1.165, 1.54) is 43.4 Å². The molecule has 0 bridgehead atoms. The van der Waals surface area contributed by atoms with Crippen molar-refractivity contribution in [1.29, 1.82) is 0 Å². The first-order valence-corrected chi connectivity index (χ1v) is 10.3. The van der Waals surface area contributed by atoms with E-state index in [-0.39, 0.29) is 12.3 Å². The summed E-state index contributed by atoms with van der Waals surface area (Å²) in [5.74, 6) is -2.22. The molecule has 0 aliphatic rings. The standard InChI is InChI=1S/C16H31NO3.C5H11NO2/c1-4-5-6-7-8-9-10-11-12-13-14(18)15(16(19)20)17(2)3;1-6(2,3)4-5(7)8/h15H,4-13H2,1-3H3,(H,19,20);4H2,1-3H3. The number of hydrogen-bond acceptors (Lipinski definition) is 5. The van der Waals surface area contributed by atoms with E-state index in [4.69, 9.17) is 5.11 Å². The highest BCUT2D eigenvalue weighted by atomic mass is 16.4. The van der Waals surface area contributed by atoms with Gasteiger partial charge in [-0.15, -0.1) is 0 Å². The highest BCUT2D eigenvalue weighted by Crippen LogP contribution is 2.11. The maximum Gasteiger partial charge on any atom is 0.328 e. The van der Waals surface area contributed by atoms with Crippen molar-refractivity contribution in [1.82, 2.24) is 4.90 Å². The second-order valence-corrected chi connectivity index (χ2v) is 8.57. The Kier molecular flexibility index (Phi) is 16.9. The van der Waals surface area contributed by atoms with Crippen molar-refractivity contribution in [2.24, 2.45) is 0 Å². The van der Waals surface area contributed by atoms with Gasteiger partial charge in [0.25, 0.3) is 0 Å². The second-order valence-electron chi connectivity index (χ2n) is 8.57. The molecule has 7 nitrogen and oxygen atoms in total. The molecule has 0 amide bonds. The number of aliphatic carboxylic acids is 2. The minimum Gasteiger partial charge on any atom is -0.544 e. The number of carbonyl (C=O) groups excluding carboxylic acids is 2. The SMILES string of the molecule is CCCCCCCCCCCC(=O)C(C(=O)O)N(C)C.C[N+](C)(C)CC(=O)[O-]. The van der Waals surface area contributed by atoms with Crippen LogP contribution in [0.5, 0.6) is 0 Å². The second kappa shape index (κ2) is 16.5. The lowest BCUT2D eigenvalue weighted by atomic mass is 10.0. The van der Waals surface area contributed by atoms with E-state index in [1.807, 2.05) is 0 Å². The average molecular weight is 403 g/mol. The quantitative estimate of drug-likeness (QED) is 0.255. The monoisotopic (exact) mass is 402 g/mol. The summed E-state index contributed by atoms with van der Waals surface area (Å²) in [6.45, 7) is 2.29. The Labute approximate surface area is 171 Å². The summed E-state index contributed by atoms with van der Waals surface area (Å²) in [5.41, 5.74) is 0. The number of ketones is 1. The molecule has 0 saturated carbocycles. The fourth-order valence-electron chi connectivity index (χ4n) is 2.78. The number of Topliss-reactive ketones (excluding diaryl/α,β-unsaturated/α-hetero) is 1. The summed E-state index contributed by atoms with van der Waals surface area (Å²) in [6, 6.07) is -0.982. The van der Waals surface area contributed by atoms with Crippen LogP contribution in [0.15, 0.2) is 0 Å². The molecule has 0 saturated heterocycles. The smallest absolute Gasteiger partial charge is 0.328 e. The lowest BCUT2D eigenvalue weighted by Crippen LogP contribution is -2.45. The lowest BCUT2D eigenvalue weighted by molar-refractivity contribution is -0.864. The Morgan fingerprint density at radius 1 is 0.893 bits per heavy atom. The van der Waals surface area contributed by atoms with Gasteiger partial charge in [-0.1, -0.05) is 58.3 Å². The number of hydrogen-bond donors (Lipinski definition) is 1. The van der Waals surface area contributed by atoms with Crippen molar-refractivity contribution in [2.75, 3.05) is 41.8 Å². The van der Waals surface area contributed by atoms with Gasteiger partial charge < -0.3 is 19.5 Å². The summed E-state index contributed by atoms with van der Waals surface area (Å²) in [7, 11) is 8.67. The Hall–Kier alpha value is -1.47. The van der Waals surface area contributed by atoms with Crippen molar-refractivity contribution in [2.45, 2.75) is 77.2 Å². The fraction of sp³-hybridized carbons (Fsp3) is 0.857. The van der Waals surface area contributed by atoms with Crippen LogP contribution in [0.2, 0.25) is 0 Å². The van der Waals surface area contributed by atoms with Gasteiger partial charge in [-0.05, 0) is 20.5 Å². The van der Waals surface area contributed by atoms with Crippen LogP contribution in [0, 0.1) is 0 Å². The number of nitrogens with zero attached hydrogens (tertiary/aromatic N) is 2. The Bertz CT molecular complexity index is 445. The molecule has 0 aromatic rings. The predicted molar refractivity (Wildman–Crippen MR) is 110 cm³/mol. The number of rotatable bonds is 15. The third kappa shape index (κ3) is 19.3. The zero-order chi connectivity index (χ0) is 22.2. The molecule has 7 heteroatoms. The zero-order valence-electron chi connectivity index (χ0n) is 18.8. The van der Waals surface area contributed by atoms with E-state index in [0.717, 1.165) is 19.3 Å². The summed E-state index contributed by atoms with van der Waals surface area (Å²) < 4.78 is 0.419. The van der Waals surface area contributed by atoms with Crippen LogP contribution in [0.3, 0.4) is 0 Å². The third-order valence-electron chi connectivity index (χ3n) is 4.19. The molecule has 0 rings (SSSR count). The molecule has 0 aromatic heterocycles. The molecule has 166 valence electrons. The first-order chi connectivity index (χ1) is 12.9. The number of quaternary nitrogens is 1. The van der Waals surface area contributed by atoms with Crippen LogP contribution in [0.4, 0.5) is 0 Å². The van der Waals surface area contributed by atoms with Gasteiger partial charge in [-0.3, -0.25) is 14.5 Å².